The smallest absolute Gasteiger partial charge is 0.221 e. The SMILES string of the molecule is COc1ccc(NC(C)=O)cc1NCc1ccccc1Cl. The van der Waals surface area contributed by atoms with Crippen molar-refractivity contribution < 1.29 is 9.53 Å². The Bertz CT molecular complexity index is 644. The zero-order chi connectivity index (χ0) is 15.2. The molecule has 0 saturated carbocycles. The fourth-order valence-corrected chi connectivity index (χ4v) is 2.16. The highest BCUT2D eigenvalue weighted by Crippen LogP contribution is 2.29. The molecular weight excluding hydrogens is 288 g/mol. The summed E-state index contributed by atoms with van der Waals surface area (Å²) in [6.07, 6.45) is 0. The highest BCUT2D eigenvalue weighted by molar-refractivity contribution is 6.31. The third kappa shape index (κ3) is 4.13. The van der Waals surface area contributed by atoms with Gasteiger partial charge in [-0.1, -0.05) is 29.8 Å². The van der Waals surface area contributed by atoms with Crippen LogP contribution in [0.5, 0.6) is 5.75 Å². The maximum absolute atomic E-state index is 11.1. The second-order valence-corrected chi connectivity index (χ2v) is 4.95. The maximum Gasteiger partial charge on any atom is 0.221 e. The van der Waals surface area contributed by atoms with Crippen LogP contribution in [0.2, 0.25) is 5.02 Å². The van der Waals surface area contributed by atoms with Gasteiger partial charge in [-0.2, -0.15) is 0 Å². The molecule has 0 fully saturated rings. The maximum atomic E-state index is 11.1. The van der Waals surface area contributed by atoms with Crippen LogP contribution in [-0.4, -0.2) is 13.0 Å². The summed E-state index contributed by atoms with van der Waals surface area (Å²) in [4.78, 5) is 11.1. The zero-order valence-corrected chi connectivity index (χ0v) is 12.7. The molecule has 0 bridgehead atoms. The monoisotopic (exact) mass is 304 g/mol. The van der Waals surface area contributed by atoms with Gasteiger partial charge in [-0.15, -0.1) is 0 Å². The van der Waals surface area contributed by atoms with Gasteiger partial charge in [0.2, 0.25) is 5.91 Å². The Kier molecular flexibility index (Phi) is 5.06. The molecule has 0 aliphatic rings. The molecule has 2 aromatic carbocycles. The molecule has 110 valence electrons. The molecular formula is C16H17ClN2O2. The van der Waals surface area contributed by atoms with E-state index in [1.54, 1.807) is 19.2 Å². The Balaban J connectivity index is 2.17. The van der Waals surface area contributed by atoms with E-state index in [2.05, 4.69) is 10.6 Å². The topological polar surface area (TPSA) is 50.4 Å². The first-order valence-corrected chi connectivity index (χ1v) is 6.91. The molecule has 2 aromatic rings. The van der Waals surface area contributed by atoms with Crippen molar-refractivity contribution in [1.82, 2.24) is 0 Å². The van der Waals surface area contributed by atoms with Gasteiger partial charge in [0.1, 0.15) is 5.75 Å². The highest BCUT2D eigenvalue weighted by atomic mass is 35.5. The Hall–Kier alpha value is -2.20. The van der Waals surface area contributed by atoms with Crippen LogP contribution < -0.4 is 15.4 Å². The largest absolute Gasteiger partial charge is 0.495 e. The number of benzene rings is 2. The van der Waals surface area contributed by atoms with Crippen molar-refractivity contribution in [1.29, 1.82) is 0 Å². The van der Waals surface area contributed by atoms with E-state index < -0.39 is 0 Å². The third-order valence-corrected chi connectivity index (χ3v) is 3.32. The van der Waals surface area contributed by atoms with Gasteiger partial charge < -0.3 is 15.4 Å². The van der Waals surface area contributed by atoms with Crippen LogP contribution in [0.25, 0.3) is 0 Å². The lowest BCUT2D eigenvalue weighted by molar-refractivity contribution is -0.114. The van der Waals surface area contributed by atoms with Crippen molar-refractivity contribution in [2.75, 3.05) is 17.7 Å². The van der Waals surface area contributed by atoms with Crippen LogP contribution in [0.3, 0.4) is 0 Å². The van der Waals surface area contributed by atoms with E-state index in [-0.39, 0.29) is 5.91 Å². The van der Waals surface area contributed by atoms with Gasteiger partial charge in [0.15, 0.2) is 0 Å². The lowest BCUT2D eigenvalue weighted by atomic mass is 10.2. The molecule has 0 aliphatic heterocycles. The lowest BCUT2D eigenvalue weighted by Gasteiger charge is -2.14. The van der Waals surface area contributed by atoms with Crippen LogP contribution in [0.4, 0.5) is 11.4 Å². The molecule has 0 aromatic heterocycles. The molecule has 0 unspecified atom stereocenters. The molecule has 0 spiro atoms. The van der Waals surface area contributed by atoms with Crippen molar-refractivity contribution >= 4 is 28.9 Å². The molecule has 21 heavy (non-hydrogen) atoms. The molecule has 0 radical (unpaired) electrons. The summed E-state index contributed by atoms with van der Waals surface area (Å²) in [5.74, 6) is 0.591. The second-order valence-electron chi connectivity index (χ2n) is 4.54. The molecule has 0 saturated heterocycles. The van der Waals surface area contributed by atoms with Crippen molar-refractivity contribution in [3.63, 3.8) is 0 Å². The molecule has 0 heterocycles. The van der Waals surface area contributed by atoms with Crippen molar-refractivity contribution in [2.24, 2.45) is 0 Å². The third-order valence-electron chi connectivity index (χ3n) is 2.95. The lowest BCUT2D eigenvalue weighted by Crippen LogP contribution is -2.07. The molecule has 2 N–H and O–H groups in total. The highest BCUT2D eigenvalue weighted by Gasteiger charge is 2.06. The number of amides is 1. The van der Waals surface area contributed by atoms with Crippen LogP contribution >= 0.6 is 11.6 Å². The quantitative estimate of drug-likeness (QED) is 0.880. The summed E-state index contributed by atoms with van der Waals surface area (Å²) in [5.41, 5.74) is 2.50. The first kappa shape index (κ1) is 15.2. The van der Waals surface area contributed by atoms with E-state index in [0.717, 1.165) is 11.3 Å². The van der Waals surface area contributed by atoms with E-state index in [1.165, 1.54) is 6.92 Å². The predicted molar refractivity (Wildman–Crippen MR) is 86.1 cm³/mol. The fraction of sp³-hybridized carbons (Fsp3) is 0.188. The fourth-order valence-electron chi connectivity index (χ4n) is 1.96. The molecule has 0 aliphatic carbocycles. The van der Waals surface area contributed by atoms with Crippen molar-refractivity contribution in [3.05, 3.63) is 53.1 Å². The molecule has 2 rings (SSSR count). The van der Waals surface area contributed by atoms with Crippen molar-refractivity contribution in [3.8, 4) is 5.75 Å². The van der Waals surface area contributed by atoms with Crippen LogP contribution in [0.1, 0.15) is 12.5 Å². The molecule has 4 nitrogen and oxygen atoms in total. The second kappa shape index (κ2) is 6.99. The normalized spacial score (nSPS) is 10.0. The number of halogens is 1. The number of carbonyl (C=O) groups excluding carboxylic acids is 1. The minimum absolute atomic E-state index is 0.114. The summed E-state index contributed by atoms with van der Waals surface area (Å²) >= 11 is 6.14. The number of rotatable bonds is 5. The summed E-state index contributed by atoms with van der Waals surface area (Å²) in [5, 5.41) is 6.73. The average molecular weight is 305 g/mol. The van der Waals surface area contributed by atoms with E-state index in [9.17, 15) is 4.79 Å². The van der Waals surface area contributed by atoms with Crippen LogP contribution in [0.15, 0.2) is 42.5 Å². The van der Waals surface area contributed by atoms with Crippen molar-refractivity contribution in [2.45, 2.75) is 13.5 Å². The number of anilines is 2. The number of methoxy groups -OCH3 is 1. The standard InChI is InChI=1S/C16H17ClN2O2/c1-11(20)19-13-7-8-16(21-2)15(9-13)18-10-12-5-3-4-6-14(12)17/h3-9,18H,10H2,1-2H3,(H,19,20). The number of carbonyl (C=O) groups is 1. The van der Waals surface area contributed by atoms with Gasteiger partial charge in [0.25, 0.3) is 0 Å². The minimum Gasteiger partial charge on any atom is -0.495 e. The van der Waals surface area contributed by atoms with Gasteiger partial charge in [-0.3, -0.25) is 4.79 Å². The molecule has 1 amide bonds. The number of hydrogen-bond acceptors (Lipinski definition) is 3. The van der Waals surface area contributed by atoms with Gasteiger partial charge in [0, 0.05) is 24.2 Å². The average Bonchev–Trinajstić information content (AvgIpc) is 2.46. The van der Waals surface area contributed by atoms with Crippen LogP contribution in [0, 0.1) is 0 Å². The van der Waals surface area contributed by atoms with E-state index >= 15 is 0 Å². The van der Waals surface area contributed by atoms with Gasteiger partial charge in [-0.25, -0.2) is 0 Å². The van der Waals surface area contributed by atoms with Gasteiger partial charge >= 0.3 is 0 Å². The molecule has 0 atom stereocenters. The van der Waals surface area contributed by atoms with E-state index in [4.69, 9.17) is 16.3 Å². The summed E-state index contributed by atoms with van der Waals surface area (Å²) < 4.78 is 5.32. The molecule has 5 heteroatoms. The van der Waals surface area contributed by atoms with Gasteiger partial charge in [0.05, 0.1) is 12.8 Å². The first-order chi connectivity index (χ1) is 10.1. The first-order valence-electron chi connectivity index (χ1n) is 6.53. The van der Waals surface area contributed by atoms with Crippen LogP contribution in [-0.2, 0) is 11.3 Å². The Labute approximate surface area is 129 Å². The summed E-state index contributed by atoms with van der Waals surface area (Å²) in [6.45, 7) is 2.04. The summed E-state index contributed by atoms with van der Waals surface area (Å²) in [7, 11) is 1.61. The zero-order valence-electron chi connectivity index (χ0n) is 11.9. The number of hydrogen-bond donors (Lipinski definition) is 2. The number of ether oxygens (including phenoxy) is 1. The van der Waals surface area contributed by atoms with Gasteiger partial charge in [-0.05, 0) is 29.8 Å². The minimum atomic E-state index is -0.114. The summed E-state index contributed by atoms with van der Waals surface area (Å²) in [6, 6.07) is 13.1. The predicted octanol–water partition coefficient (Wildman–Crippen LogP) is 3.92. The number of nitrogens with one attached hydrogen (secondary N) is 2. The Morgan fingerprint density at radius 1 is 1.24 bits per heavy atom. The Morgan fingerprint density at radius 3 is 2.67 bits per heavy atom. The van der Waals surface area contributed by atoms with E-state index in [0.29, 0.717) is 23.0 Å². The van der Waals surface area contributed by atoms with E-state index in [1.807, 2.05) is 30.3 Å². The Morgan fingerprint density at radius 2 is 2.00 bits per heavy atom.